The highest BCUT2D eigenvalue weighted by molar-refractivity contribution is 5.35. The summed E-state index contributed by atoms with van der Waals surface area (Å²) in [5.74, 6) is 1.11. The Morgan fingerprint density at radius 2 is 1.94 bits per heavy atom. The summed E-state index contributed by atoms with van der Waals surface area (Å²) in [4.78, 5) is 7.94. The molecule has 82 valence electrons. The number of benzene rings is 1. The van der Waals surface area contributed by atoms with Crippen LogP contribution in [0.5, 0.6) is 11.8 Å². The Balaban J connectivity index is 2.24. The molecule has 0 spiro atoms. The number of nitrogen functional groups attached to an aromatic ring is 1. The van der Waals surface area contributed by atoms with Crippen LogP contribution in [0.15, 0.2) is 30.5 Å². The van der Waals surface area contributed by atoms with E-state index in [1.807, 2.05) is 25.1 Å². The first-order chi connectivity index (χ1) is 7.65. The minimum atomic E-state index is 0.267. The summed E-state index contributed by atoms with van der Waals surface area (Å²) < 4.78 is 5.49. The number of ether oxygens (including phenoxy) is 1. The Kier molecular flexibility index (Phi) is 2.72. The lowest BCUT2D eigenvalue weighted by Gasteiger charge is -2.06. The lowest BCUT2D eigenvalue weighted by Crippen LogP contribution is -1.96. The van der Waals surface area contributed by atoms with Gasteiger partial charge >= 0.3 is 6.01 Å². The topological polar surface area (TPSA) is 61.0 Å². The van der Waals surface area contributed by atoms with E-state index in [-0.39, 0.29) is 6.01 Å². The van der Waals surface area contributed by atoms with E-state index in [1.165, 1.54) is 11.1 Å². The van der Waals surface area contributed by atoms with E-state index in [9.17, 15) is 0 Å². The van der Waals surface area contributed by atoms with Crippen LogP contribution >= 0.6 is 0 Å². The third kappa shape index (κ3) is 2.28. The van der Waals surface area contributed by atoms with Crippen LogP contribution in [0.4, 0.5) is 5.82 Å². The summed E-state index contributed by atoms with van der Waals surface area (Å²) in [6, 6.07) is 7.71. The molecule has 0 radical (unpaired) electrons. The average Bonchev–Trinajstić information content (AvgIpc) is 2.24. The van der Waals surface area contributed by atoms with Gasteiger partial charge in [0.2, 0.25) is 0 Å². The second-order valence-corrected chi connectivity index (χ2v) is 3.61. The monoisotopic (exact) mass is 215 g/mol. The molecular formula is C12H13N3O. The van der Waals surface area contributed by atoms with Gasteiger partial charge in [0, 0.05) is 6.20 Å². The number of hydrogen-bond donors (Lipinski definition) is 1. The average molecular weight is 215 g/mol. The van der Waals surface area contributed by atoms with Gasteiger partial charge in [-0.1, -0.05) is 6.07 Å². The molecular weight excluding hydrogens is 202 g/mol. The molecule has 0 aliphatic heterocycles. The molecule has 0 bridgehead atoms. The van der Waals surface area contributed by atoms with E-state index in [2.05, 4.69) is 16.9 Å². The van der Waals surface area contributed by atoms with Crippen molar-refractivity contribution in [2.24, 2.45) is 0 Å². The predicted octanol–water partition coefficient (Wildman–Crippen LogP) is 2.47. The summed E-state index contributed by atoms with van der Waals surface area (Å²) in [5, 5.41) is 0. The quantitative estimate of drug-likeness (QED) is 0.835. The van der Waals surface area contributed by atoms with Crippen LogP contribution in [0.25, 0.3) is 0 Å². The molecule has 0 amide bonds. The minimum absolute atomic E-state index is 0.267. The third-order valence-corrected chi connectivity index (χ3v) is 2.34. The van der Waals surface area contributed by atoms with E-state index in [4.69, 9.17) is 10.5 Å². The molecule has 1 aromatic heterocycles. The van der Waals surface area contributed by atoms with Crippen molar-refractivity contribution < 1.29 is 4.74 Å². The molecule has 4 heteroatoms. The van der Waals surface area contributed by atoms with Crippen molar-refractivity contribution in [3.8, 4) is 11.8 Å². The van der Waals surface area contributed by atoms with Gasteiger partial charge in [0.05, 0.1) is 0 Å². The highest BCUT2D eigenvalue weighted by Crippen LogP contribution is 2.21. The summed E-state index contributed by atoms with van der Waals surface area (Å²) in [6.45, 7) is 4.08. The smallest absolute Gasteiger partial charge is 0.323 e. The highest BCUT2D eigenvalue weighted by atomic mass is 16.5. The molecule has 4 nitrogen and oxygen atoms in total. The van der Waals surface area contributed by atoms with Crippen LogP contribution in [0, 0.1) is 13.8 Å². The van der Waals surface area contributed by atoms with E-state index in [1.54, 1.807) is 12.3 Å². The number of aryl methyl sites for hydroxylation is 2. The van der Waals surface area contributed by atoms with E-state index in [0.29, 0.717) is 11.6 Å². The molecule has 2 rings (SSSR count). The number of anilines is 1. The number of aromatic nitrogens is 2. The van der Waals surface area contributed by atoms with E-state index < -0.39 is 0 Å². The van der Waals surface area contributed by atoms with Crippen LogP contribution in [0.2, 0.25) is 0 Å². The van der Waals surface area contributed by atoms with Crippen LogP contribution in [0.1, 0.15) is 11.1 Å². The van der Waals surface area contributed by atoms with Crippen molar-refractivity contribution in [3.63, 3.8) is 0 Å². The molecule has 0 unspecified atom stereocenters. The lowest BCUT2D eigenvalue weighted by atomic mass is 10.1. The van der Waals surface area contributed by atoms with Crippen molar-refractivity contribution in [3.05, 3.63) is 41.6 Å². The summed E-state index contributed by atoms with van der Waals surface area (Å²) in [6.07, 6.45) is 1.57. The van der Waals surface area contributed by atoms with Crippen LogP contribution in [-0.4, -0.2) is 9.97 Å². The second kappa shape index (κ2) is 4.18. The number of nitrogens with two attached hydrogens (primary N) is 1. The maximum absolute atomic E-state index is 5.54. The first kappa shape index (κ1) is 10.4. The van der Waals surface area contributed by atoms with Crippen LogP contribution in [-0.2, 0) is 0 Å². The SMILES string of the molecule is Cc1ccc(Oc2nccc(N)n2)cc1C. The normalized spacial score (nSPS) is 10.1. The maximum Gasteiger partial charge on any atom is 0.323 e. The zero-order valence-corrected chi connectivity index (χ0v) is 9.27. The van der Waals surface area contributed by atoms with Crippen LogP contribution < -0.4 is 10.5 Å². The molecule has 2 N–H and O–H groups in total. The molecule has 0 aliphatic rings. The number of hydrogen-bond acceptors (Lipinski definition) is 4. The fourth-order valence-corrected chi connectivity index (χ4v) is 1.29. The molecule has 1 heterocycles. The largest absolute Gasteiger partial charge is 0.424 e. The van der Waals surface area contributed by atoms with Crippen molar-refractivity contribution in [1.29, 1.82) is 0 Å². The van der Waals surface area contributed by atoms with Crippen molar-refractivity contribution >= 4 is 5.82 Å². The van der Waals surface area contributed by atoms with Gasteiger partial charge in [0.25, 0.3) is 0 Å². The molecule has 0 aliphatic carbocycles. The molecule has 1 aromatic carbocycles. The van der Waals surface area contributed by atoms with E-state index >= 15 is 0 Å². The summed E-state index contributed by atoms with van der Waals surface area (Å²) >= 11 is 0. The van der Waals surface area contributed by atoms with Gasteiger partial charge in [-0.15, -0.1) is 0 Å². The molecule has 2 aromatic rings. The molecule has 0 atom stereocenters. The standard InChI is InChI=1S/C12H13N3O/c1-8-3-4-10(7-9(8)2)16-12-14-6-5-11(13)15-12/h3-7H,1-2H3,(H2,13,14,15). The predicted molar refractivity (Wildman–Crippen MR) is 62.4 cm³/mol. The van der Waals surface area contributed by atoms with Crippen LogP contribution in [0.3, 0.4) is 0 Å². The molecule has 0 fully saturated rings. The van der Waals surface area contributed by atoms with Gasteiger partial charge in [-0.2, -0.15) is 4.98 Å². The Labute approximate surface area is 94.1 Å². The Hall–Kier alpha value is -2.10. The fraction of sp³-hybridized carbons (Fsp3) is 0.167. The van der Waals surface area contributed by atoms with Crippen molar-refractivity contribution in [2.75, 3.05) is 5.73 Å². The Morgan fingerprint density at radius 3 is 2.62 bits per heavy atom. The van der Waals surface area contributed by atoms with Gasteiger partial charge in [-0.25, -0.2) is 4.98 Å². The summed E-state index contributed by atoms with van der Waals surface area (Å²) in [5.41, 5.74) is 7.93. The van der Waals surface area contributed by atoms with Gasteiger partial charge < -0.3 is 10.5 Å². The zero-order valence-electron chi connectivity index (χ0n) is 9.27. The van der Waals surface area contributed by atoms with Gasteiger partial charge in [-0.3, -0.25) is 0 Å². The van der Waals surface area contributed by atoms with E-state index in [0.717, 1.165) is 0 Å². The lowest BCUT2D eigenvalue weighted by molar-refractivity contribution is 0.442. The Bertz CT molecular complexity index is 511. The van der Waals surface area contributed by atoms with Crippen molar-refractivity contribution in [2.45, 2.75) is 13.8 Å². The van der Waals surface area contributed by atoms with Gasteiger partial charge in [-0.05, 0) is 43.2 Å². The zero-order chi connectivity index (χ0) is 11.5. The first-order valence-electron chi connectivity index (χ1n) is 4.99. The number of rotatable bonds is 2. The second-order valence-electron chi connectivity index (χ2n) is 3.61. The summed E-state index contributed by atoms with van der Waals surface area (Å²) in [7, 11) is 0. The first-order valence-corrected chi connectivity index (χ1v) is 4.99. The fourth-order valence-electron chi connectivity index (χ4n) is 1.29. The number of nitrogens with zero attached hydrogens (tertiary/aromatic N) is 2. The molecule has 0 saturated carbocycles. The highest BCUT2D eigenvalue weighted by Gasteiger charge is 2.01. The minimum Gasteiger partial charge on any atom is -0.424 e. The maximum atomic E-state index is 5.54. The molecule has 16 heavy (non-hydrogen) atoms. The molecule has 0 saturated heterocycles. The third-order valence-electron chi connectivity index (χ3n) is 2.34. The van der Waals surface area contributed by atoms with Gasteiger partial charge in [0.15, 0.2) is 0 Å². The van der Waals surface area contributed by atoms with Crippen molar-refractivity contribution in [1.82, 2.24) is 9.97 Å². The Morgan fingerprint density at radius 1 is 1.12 bits per heavy atom. The van der Waals surface area contributed by atoms with Gasteiger partial charge in [0.1, 0.15) is 11.6 Å².